The summed E-state index contributed by atoms with van der Waals surface area (Å²) >= 11 is 0. The molecule has 0 aliphatic heterocycles. The van der Waals surface area contributed by atoms with Crippen LogP contribution in [0.2, 0.25) is 0 Å². The number of aromatic hydroxyl groups is 1. The maximum atomic E-state index is 12.5. The topological polar surface area (TPSA) is 84.1 Å². The van der Waals surface area contributed by atoms with Gasteiger partial charge >= 0.3 is 0 Å². The highest BCUT2D eigenvalue weighted by Gasteiger charge is 2.22. The zero-order chi connectivity index (χ0) is 18.0. The van der Waals surface area contributed by atoms with Crippen LogP contribution in [0.4, 0.5) is 0 Å². The van der Waals surface area contributed by atoms with E-state index in [1.165, 1.54) is 6.20 Å². The first-order valence-electron chi connectivity index (χ1n) is 8.35. The standard InChI is InChI=1S/C18H21N5O2/c1-4-22(5-2)17(24)14-11-19-15-16(20-14)23(18(25)21-15)12(3)13-9-7-6-8-10-13/h6-12H,4-5H2,1-3H3,(H,19,21,25)/t12-/m0/s1. The van der Waals surface area contributed by atoms with E-state index in [0.717, 1.165) is 5.56 Å². The van der Waals surface area contributed by atoms with Crippen molar-refractivity contribution in [1.29, 1.82) is 0 Å². The van der Waals surface area contributed by atoms with E-state index in [-0.39, 0.29) is 23.7 Å². The number of amides is 1. The first-order chi connectivity index (χ1) is 12.1. The SMILES string of the molecule is CCN(CC)C(=O)c1cnc2nc(O)n([C@@H](C)c3ccccc3)c2n1. The number of fused-ring (bicyclic) bond motifs is 1. The lowest BCUT2D eigenvalue weighted by Crippen LogP contribution is -2.31. The molecule has 3 aromatic rings. The predicted molar refractivity (Wildman–Crippen MR) is 94.5 cm³/mol. The van der Waals surface area contributed by atoms with Gasteiger partial charge in [-0.25, -0.2) is 9.97 Å². The van der Waals surface area contributed by atoms with Gasteiger partial charge in [0.2, 0.25) is 5.65 Å². The zero-order valence-electron chi connectivity index (χ0n) is 14.5. The Morgan fingerprint density at radius 1 is 1.20 bits per heavy atom. The molecule has 130 valence electrons. The minimum atomic E-state index is -0.195. The van der Waals surface area contributed by atoms with Gasteiger partial charge in [-0.15, -0.1) is 0 Å². The maximum Gasteiger partial charge on any atom is 0.298 e. The summed E-state index contributed by atoms with van der Waals surface area (Å²) in [5.74, 6) is -0.181. The van der Waals surface area contributed by atoms with Crippen LogP contribution in [0, 0.1) is 0 Å². The highest BCUT2D eigenvalue weighted by Crippen LogP contribution is 2.27. The Morgan fingerprint density at radius 3 is 2.52 bits per heavy atom. The summed E-state index contributed by atoms with van der Waals surface area (Å²) in [6.45, 7) is 6.97. The molecular weight excluding hydrogens is 318 g/mol. The average Bonchev–Trinajstić information content (AvgIpc) is 2.97. The number of carbonyl (C=O) groups is 1. The summed E-state index contributed by atoms with van der Waals surface area (Å²) in [4.78, 5) is 26.9. The van der Waals surface area contributed by atoms with Gasteiger partial charge < -0.3 is 10.0 Å². The van der Waals surface area contributed by atoms with Gasteiger partial charge in [-0.05, 0) is 26.3 Å². The van der Waals surface area contributed by atoms with Crippen molar-refractivity contribution in [3.63, 3.8) is 0 Å². The fraction of sp³-hybridized carbons (Fsp3) is 0.333. The average molecular weight is 339 g/mol. The quantitative estimate of drug-likeness (QED) is 0.772. The number of hydrogen-bond acceptors (Lipinski definition) is 5. The molecule has 7 heteroatoms. The summed E-state index contributed by atoms with van der Waals surface area (Å²) in [5, 5.41) is 10.3. The number of carbonyl (C=O) groups excluding carboxylic acids is 1. The van der Waals surface area contributed by atoms with Gasteiger partial charge in [0.1, 0.15) is 5.69 Å². The summed E-state index contributed by atoms with van der Waals surface area (Å²) < 4.78 is 1.59. The smallest absolute Gasteiger partial charge is 0.298 e. The lowest BCUT2D eigenvalue weighted by atomic mass is 10.1. The van der Waals surface area contributed by atoms with E-state index in [1.54, 1.807) is 9.47 Å². The number of nitrogens with zero attached hydrogens (tertiary/aromatic N) is 5. The third-order valence-electron chi connectivity index (χ3n) is 4.32. The molecule has 0 aliphatic carbocycles. The largest absolute Gasteiger partial charge is 0.480 e. The van der Waals surface area contributed by atoms with E-state index in [4.69, 9.17) is 0 Å². The minimum Gasteiger partial charge on any atom is -0.480 e. The Labute approximate surface area is 146 Å². The molecule has 7 nitrogen and oxygen atoms in total. The molecular formula is C18H21N5O2. The second-order valence-corrected chi connectivity index (χ2v) is 5.75. The molecule has 2 aromatic heterocycles. The summed E-state index contributed by atoms with van der Waals surface area (Å²) in [6.07, 6.45) is 1.41. The molecule has 0 aliphatic rings. The van der Waals surface area contributed by atoms with Gasteiger partial charge in [0.15, 0.2) is 5.65 Å². The van der Waals surface area contributed by atoms with Crippen molar-refractivity contribution >= 4 is 17.2 Å². The summed E-state index contributed by atoms with van der Waals surface area (Å²) in [5.41, 5.74) is 1.96. The molecule has 0 bridgehead atoms. The van der Waals surface area contributed by atoms with Gasteiger partial charge in [-0.1, -0.05) is 30.3 Å². The molecule has 1 atom stereocenters. The van der Waals surface area contributed by atoms with Gasteiger partial charge in [0.25, 0.3) is 11.9 Å². The molecule has 1 N–H and O–H groups in total. The lowest BCUT2D eigenvalue weighted by molar-refractivity contribution is 0.0767. The fourth-order valence-electron chi connectivity index (χ4n) is 2.87. The van der Waals surface area contributed by atoms with E-state index >= 15 is 0 Å². The van der Waals surface area contributed by atoms with Crippen molar-refractivity contribution in [3.05, 3.63) is 47.8 Å². The van der Waals surface area contributed by atoms with Crippen LogP contribution in [-0.4, -0.2) is 48.5 Å². The van der Waals surface area contributed by atoms with Crippen LogP contribution in [0.3, 0.4) is 0 Å². The van der Waals surface area contributed by atoms with Crippen molar-refractivity contribution in [2.75, 3.05) is 13.1 Å². The molecule has 0 saturated carbocycles. The number of imidazole rings is 1. The second-order valence-electron chi connectivity index (χ2n) is 5.75. The van der Waals surface area contributed by atoms with Gasteiger partial charge in [-0.2, -0.15) is 4.98 Å². The summed E-state index contributed by atoms with van der Waals surface area (Å²) in [6, 6.07) is 9.37. The monoisotopic (exact) mass is 339 g/mol. The van der Waals surface area contributed by atoms with Crippen LogP contribution in [0.1, 0.15) is 42.9 Å². The molecule has 1 aromatic carbocycles. The van der Waals surface area contributed by atoms with Gasteiger partial charge in [0.05, 0.1) is 12.2 Å². The molecule has 3 rings (SSSR count). The number of hydrogen-bond donors (Lipinski definition) is 1. The Balaban J connectivity index is 2.09. The summed E-state index contributed by atoms with van der Waals surface area (Å²) in [7, 11) is 0. The highest BCUT2D eigenvalue weighted by atomic mass is 16.3. The Morgan fingerprint density at radius 2 is 1.88 bits per heavy atom. The molecule has 0 saturated heterocycles. The minimum absolute atomic E-state index is 0.168. The Bertz CT molecular complexity index is 887. The molecule has 2 heterocycles. The van der Waals surface area contributed by atoms with Crippen molar-refractivity contribution in [2.45, 2.75) is 26.8 Å². The zero-order valence-corrected chi connectivity index (χ0v) is 14.5. The molecule has 0 spiro atoms. The van der Waals surface area contributed by atoms with Crippen molar-refractivity contribution in [1.82, 2.24) is 24.4 Å². The first kappa shape index (κ1) is 16.9. The van der Waals surface area contributed by atoms with Crippen LogP contribution >= 0.6 is 0 Å². The van der Waals surface area contributed by atoms with Crippen LogP contribution < -0.4 is 0 Å². The Hall–Kier alpha value is -2.96. The van der Waals surface area contributed by atoms with E-state index in [1.807, 2.05) is 51.1 Å². The molecule has 0 unspecified atom stereocenters. The van der Waals surface area contributed by atoms with Gasteiger partial charge in [-0.3, -0.25) is 9.36 Å². The predicted octanol–water partition coefficient (Wildman–Crippen LogP) is 2.62. The second kappa shape index (κ2) is 6.88. The van der Waals surface area contributed by atoms with Crippen LogP contribution in [0.15, 0.2) is 36.5 Å². The lowest BCUT2D eigenvalue weighted by Gasteiger charge is -2.18. The number of rotatable bonds is 5. The maximum absolute atomic E-state index is 12.5. The van der Waals surface area contributed by atoms with E-state index < -0.39 is 0 Å². The molecule has 0 fully saturated rings. The van der Waals surface area contributed by atoms with Crippen molar-refractivity contribution < 1.29 is 9.90 Å². The van der Waals surface area contributed by atoms with Crippen molar-refractivity contribution in [3.8, 4) is 6.01 Å². The van der Waals surface area contributed by atoms with Gasteiger partial charge in [0, 0.05) is 13.1 Å². The Kier molecular flexibility index (Phi) is 4.65. The van der Waals surface area contributed by atoms with Crippen molar-refractivity contribution in [2.24, 2.45) is 0 Å². The van der Waals surface area contributed by atoms with E-state index in [2.05, 4.69) is 15.0 Å². The highest BCUT2D eigenvalue weighted by molar-refractivity contribution is 5.93. The number of aromatic nitrogens is 4. The van der Waals surface area contributed by atoms with Crippen LogP contribution in [0.25, 0.3) is 11.3 Å². The first-order valence-corrected chi connectivity index (χ1v) is 8.35. The molecule has 1 amide bonds. The van der Waals surface area contributed by atoms with Crippen LogP contribution in [0.5, 0.6) is 6.01 Å². The van der Waals surface area contributed by atoms with Crippen LogP contribution in [-0.2, 0) is 0 Å². The third-order valence-corrected chi connectivity index (χ3v) is 4.32. The third kappa shape index (κ3) is 3.05. The van der Waals surface area contributed by atoms with E-state index in [0.29, 0.717) is 24.4 Å². The van der Waals surface area contributed by atoms with E-state index in [9.17, 15) is 9.90 Å². The molecule has 25 heavy (non-hydrogen) atoms. The fourth-order valence-corrected chi connectivity index (χ4v) is 2.87. The number of benzene rings is 1. The normalized spacial score (nSPS) is 12.3. The molecule has 0 radical (unpaired) electrons.